The summed E-state index contributed by atoms with van der Waals surface area (Å²) in [7, 11) is 0. The zero-order valence-corrected chi connectivity index (χ0v) is 14.7. The Morgan fingerprint density at radius 2 is 2.00 bits per heavy atom. The van der Waals surface area contributed by atoms with Gasteiger partial charge in [-0.15, -0.1) is 0 Å². The summed E-state index contributed by atoms with van der Waals surface area (Å²) in [5.41, 5.74) is 1.98. The van der Waals surface area contributed by atoms with Gasteiger partial charge in [0, 0.05) is 4.47 Å². The summed E-state index contributed by atoms with van der Waals surface area (Å²) in [4.78, 5) is 0. The molecule has 0 amide bonds. The normalized spacial score (nSPS) is 25.6. The predicted octanol–water partition coefficient (Wildman–Crippen LogP) is 5.04. The van der Waals surface area contributed by atoms with Crippen LogP contribution in [0.4, 0.5) is 0 Å². The van der Waals surface area contributed by atoms with E-state index in [1.165, 1.54) is 42.3 Å². The van der Waals surface area contributed by atoms with Gasteiger partial charge in [-0.3, -0.25) is 0 Å². The maximum atomic E-state index is 3.71. The number of hydrogen-bond acceptors (Lipinski definition) is 1. The minimum absolute atomic E-state index is 0.509. The smallest absolute Gasteiger partial charge is 0.0207 e. The van der Waals surface area contributed by atoms with Crippen LogP contribution >= 0.6 is 15.9 Å². The molecule has 2 atom stereocenters. The van der Waals surface area contributed by atoms with Crippen LogP contribution in [-0.2, 0) is 6.42 Å². The van der Waals surface area contributed by atoms with Gasteiger partial charge in [0.25, 0.3) is 0 Å². The maximum absolute atomic E-state index is 3.71. The van der Waals surface area contributed by atoms with Gasteiger partial charge < -0.3 is 5.32 Å². The van der Waals surface area contributed by atoms with Gasteiger partial charge in [0.15, 0.2) is 0 Å². The maximum Gasteiger partial charge on any atom is 0.0207 e. The van der Waals surface area contributed by atoms with Crippen molar-refractivity contribution in [3.63, 3.8) is 0 Å². The van der Waals surface area contributed by atoms with E-state index in [0.717, 1.165) is 18.4 Å². The molecule has 20 heavy (non-hydrogen) atoms. The molecule has 2 rings (SSSR count). The first kappa shape index (κ1) is 16.0. The third-order valence-corrected chi connectivity index (χ3v) is 5.54. The fourth-order valence-corrected chi connectivity index (χ4v) is 4.02. The van der Waals surface area contributed by atoms with E-state index in [2.05, 4.69) is 66.3 Å². The molecule has 1 aliphatic carbocycles. The number of nitrogens with one attached hydrogen (secondary N) is 1. The zero-order valence-electron chi connectivity index (χ0n) is 13.1. The molecule has 1 aromatic rings. The summed E-state index contributed by atoms with van der Waals surface area (Å²) in [6, 6.07) is 8.71. The Balaban J connectivity index is 2.08. The van der Waals surface area contributed by atoms with E-state index >= 15 is 0 Å². The summed E-state index contributed by atoms with van der Waals surface area (Å²) < 4.78 is 1.27. The fourth-order valence-electron chi connectivity index (χ4n) is 3.57. The van der Waals surface area contributed by atoms with Crippen LogP contribution in [0, 0.1) is 17.3 Å². The van der Waals surface area contributed by atoms with Crippen LogP contribution in [0.5, 0.6) is 0 Å². The lowest BCUT2D eigenvalue weighted by molar-refractivity contribution is 0.116. The highest BCUT2D eigenvalue weighted by Gasteiger charge is 2.34. The summed E-state index contributed by atoms with van der Waals surface area (Å²) >= 11 is 3.71. The van der Waals surface area contributed by atoms with Crippen molar-refractivity contribution in [2.24, 2.45) is 17.3 Å². The van der Waals surface area contributed by atoms with Crippen LogP contribution < -0.4 is 5.32 Å². The minimum Gasteiger partial charge on any atom is -0.317 e. The van der Waals surface area contributed by atoms with E-state index in [1.807, 2.05) is 0 Å². The van der Waals surface area contributed by atoms with Crippen molar-refractivity contribution in [2.75, 3.05) is 13.1 Å². The third kappa shape index (κ3) is 4.33. The second-order valence-electron chi connectivity index (χ2n) is 7.03. The molecule has 0 heterocycles. The molecule has 0 saturated heterocycles. The van der Waals surface area contributed by atoms with Gasteiger partial charge in [-0.05, 0) is 67.7 Å². The van der Waals surface area contributed by atoms with Gasteiger partial charge in [-0.2, -0.15) is 0 Å². The van der Waals surface area contributed by atoms with E-state index in [1.54, 1.807) is 0 Å². The zero-order chi connectivity index (χ0) is 14.6. The van der Waals surface area contributed by atoms with Crippen LogP contribution in [0.25, 0.3) is 0 Å². The topological polar surface area (TPSA) is 12.0 Å². The van der Waals surface area contributed by atoms with Gasteiger partial charge in [0.1, 0.15) is 0 Å². The van der Waals surface area contributed by atoms with Crippen LogP contribution in [0.1, 0.15) is 45.6 Å². The Kier molecular flexibility index (Phi) is 5.68. The molecule has 0 aliphatic heterocycles. The Bertz CT molecular complexity index is 427. The summed E-state index contributed by atoms with van der Waals surface area (Å²) in [6.07, 6.45) is 5.30. The molecular formula is C18H28BrN. The third-order valence-electron chi connectivity index (χ3n) is 4.77. The number of hydrogen-bond donors (Lipinski definition) is 1. The molecule has 0 radical (unpaired) electrons. The minimum atomic E-state index is 0.509. The van der Waals surface area contributed by atoms with Gasteiger partial charge in [0.05, 0.1) is 0 Å². The lowest BCUT2D eigenvalue weighted by Crippen LogP contribution is -2.37. The van der Waals surface area contributed by atoms with Crippen LogP contribution in [0.15, 0.2) is 28.7 Å². The van der Waals surface area contributed by atoms with E-state index in [9.17, 15) is 0 Å². The van der Waals surface area contributed by atoms with Crippen molar-refractivity contribution >= 4 is 15.9 Å². The van der Waals surface area contributed by atoms with Gasteiger partial charge in [-0.25, -0.2) is 0 Å². The molecule has 1 nitrogen and oxygen atoms in total. The first-order valence-corrected chi connectivity index (χ1v) is 8.75. The molecule has 0 bridgehead atoms. The first-order valence-electron chi connectivity index (χ1n) is 7.96. The fraction of sp³-hybridized carbons (Fsp3) is 0.667. The van der Waals surface area contributed by atoms with Crippen molar-refractivity contribution in [3.05, 3.63) is 34.3 Å². The lowest BCUT2D eigenvalue weighted by Gasteiger charge is -2.41. The lowest BCUT2D eigenvalue weighted by atomic mass is 9.65. The molecule has 1 fully saturated rings. The highest BCUT2D eigenvalue weighted by molar-refractivity contribution is 9.10. The van der Waals surface area contributed by atoms with Gasteiger partial charge >= 0.3 is 0 Å². The van der Waals surface area contributed by atoms with Crippen molar-refractivity contribution in [2.45, 2.75) is 46.5 Å². The van der Waals surface area contributed by atoms with Crippen molar-refractivity contribution in [1.29, 1.82) is 0 Å². The van der Waals surface area contributed by atoms with Crippen LogP contribution in [0.3, 0.4) is 0 Å². The van der Waals surface area contributed by atoms with Gasteiger partial charge in [0.2, 0.25) is 0 Å². The van der Waals surface area contributed by atoms with E-state index in [0.29, 0.717) is 5.41 Å². The Hall–Kier alpha value is -0.340. The average Bonchev–Trinajstić information content (AvgIpc) is 2.40. The molecule has 2 heteroatoms. The largest absolute Gasteiger partial charge is 0.317 e. The second-order valence-corrected chi connectivity index (χ2v) is 7.88. The number of rotatable bonds is 5. The summed E-state index contributed by atoms with van der Waals surface area (Å²) in [5.74, 6) is 1.63. The molecule has 112 valence electrons. The molecule has 1 aliphatic rings. The predicted molar refractivity (Wildman–Crippen MR) is 91.0 cm³/mol. The monoisotopic (exact) mass is 337 g/mol. The van der Waals surface area contributed by atoms with Crippen LogP contribution in [-0.4, -0.2) is 13.1 Å². The van der Waals surface area contributed by atoms with E-state index < -0.39 is 0 Å². The Labute approximate surface area is 132 Å². The van der Waals surface area contributed by atoms with Crippen molar-refractivity contribution in [3.8, 4) is 0 Å². The molecule has 0 aromatic heterocycles. The SMILES string of the molecule is CCNCC1CCC(C)(C)CC1Cc1ccccc1Br. The molecular weight excluding hydrogens is 310 g/mol. The average molecular weight is 338 g/mol. The molecule has 1 N–H and O–H groups in total. The van der Waals surface area contributed by atoms with E-state index in [4.69, 9.17) is 0 Å². The van der Waals surface area contributed by atoms with Crippen molar-refractivity contribution < 1.29 is 0 Å². The molecule has 2 unspecified atom stereocenters. The second kappa shape index (κ2) is 7.09. The standard InChI is InChI=1S/C18H28BrN/c1-4-20-13-15-9-10-18(2,3)12-16(15)11-14-7-5-6-8-17(14)19/h5-8,15-16,20H,4,9-13H2,1-3H3. The van der Waals surface area contributed by atoms with Gasteiger partial charge in [-0.1, -0.05) is 54.9 Å². The summed E-state index contributed by atoms with van der Waals surface area (Å²) in [5, 5.41) is 3.56. The Morgan fingerprint density at radius 3 is 2.70 bits per heavy atom. The number of halogens is 1. The van der Waals surface area contributed by atoms with Crippen molar-refractivity contribution in [1.82, 2.24) is 5.32 Å². The highest BCUT2D eigenvalue weighted by atomic mass is 79.9. The molecule has 0 spiro atoms. The van der Waals surface area contributed by atoms with Crippen LogP contribution in [0.2, 0.25) is 0 Å². The quantitative estimate of drug-likeness (QED) is 0.793. The summed E-state index contributed by atoms with van der Waals surface area (Å²) in [6.45, 7) is 9.34. The Morgan fingerprint density at radius 1 is 1.25 bits per heavy atom. The molecule has 1 saturated carbocycles. The molecule has 1 aromatic carbocycles. The number of benzene rings is 1. The first-order chi connectivity index (χ1) is 9.52. The highest BCUT2D eigenvalue weighted by Crippen LogP contribution is 2.43. The van der Waals surface area contributed by atoms with E-state index in [-0.39, 0.29) is 0 Å².